The molecule has 0 aliphatic carbocycles. The van der Waals surface area contributed by atoms with Crippen LogP contribution in [0.15, 0.2) is 40.8 Å². The first-order valence-corrected chi connectivity index (χ1v) is 6.24. The van der Waals surface area contributed by atoms with Crippen molar-refractivity contribution in [3.8, 4) is 5.75 Å². The van der Waals surface area contributed by atoms with Gasteiger partial charge in [0.05, 0.1) is 6.61 Å². The summed E-state index contributed by atoms with van der Waals surface area (Å²) in [5.74, 6) is 2.36. The summed E-state index contributed by atoms with van der Waals surface area (Å²) in [7, 11) is 1.67. The molecule has 19 heavy (non-hydrogen) atoms. The van der Waals surface area contributed by atoms with Crippen molar-refractivity contribution in [3.05, 3.63) is 53.5 Å². The quantitative estimate of drug-likeness (QED) is 0.868. The maximum atomic E-state index is 5.88. The van der Waals surface area contributed by atoms with Gasteiger partial charge >= 0.3 is 0 Å². The monoisotopic (exact) mass is 261 g/mol. The number of ether oxygens (including phenoxy) is 2. The van der Waals surface area contributed by atoms with Crippen LogP contribution in [0.5, 0.6) is 5.75 Å². The van der Waals surface area contributed by atoms with Gasteiger partial charge in [0.1, 0.15) is 17.3 Å². The van der Waals surface area contributed by atoms with Gasteiger partial charge in [-0.3, -0.25) is 0 Å². The van der Waals surface area contributed by atoms with Crippen LogP contribution in [0, 0.1) is 6.92 Å². The van der Waals surface area contributed by atoms with Gasteiger partial charge in [0, 0.05) is 13.7 Å². The number of rotatable bonds is 6. The van der Waals surface area contributed by atoms with Crippen LogP contribution < -0.4 is 10.5 Å². The lowest BCUT2D eigenvalue weighted by atomic mass is 10.2. The first-order chi connectivity index (χ1) is 9.22. The molecule has 2 N–H and O–H groups in total. The summed E-state index contributed by atoms with van der Waals surface area (Å²) < 4.78 is 16.5. The predicted octanol–water partition coefficient (Wildman–Crippen LogP) is 2.81. The number of furan rings is 1. The second-order valence-electron chi connectivity index (χ2n) is 4.37. The molecule has 0 saturated carbocycles. The number of hydrogen-bond acceptors (Lipinski definition) is 4. The van der Waals surface area contributed by atoms with E-state index >= 15 is 0 Å². The minimum Gasteiger partial charge on any atom is -0.481 e. The molecule has 4 nitrogen and oxygen atoms in total. The second kappa shape index (κ2) is 6.41. The number of benzene rings is 1. The highest BCUT2D eigenvalue weighted by Gasteiger charge is 2.15. The zero-order valence-corrected chi connectivity index (χ0v) is 11.3. The van der Waals surface area contributed by atoms with E-state index in [9.17, 15) is 0 Å². The minimum atomic E-state index is -0.272. The standard InChI is InChI=1S/C15H19NO3/c1-11-6-7-14(18-11)15(9-16)19-13-5-3-4-12(8-13)10-17-2/h3-8,15H,9-10,16H2,1-2H3. The van der Waals surface area contributed by atoms with E-state index in [2.05, 4.69) is 0 Å². The fourth-order valence-corrected chi connectivity index (χ4v) is 1.89. The fourth-order valence-electron chi connectivity index (χ4n) is 1.89. The van der Waals surface area contributed by atoms with E-state index in [0.717, 1.165) is 22.8 Å². The van der Waals surface area contributed by atoms with Crippen LogP contribution in [0.4, 0.5) is 0 Å². The molecule has 0 amide bonds. The molecule has 1 aromatic heterocycles. The highest BCUT2D eigenvalue weighted by Crippen LogP contribution is 2.23. The molecule has 102 valence electrons. The average Bonchev–Trinajstić information content (AvgIpc) is 2.83. The topological polar surface area (TPSA) is 57.6 Å². The number of aryl methyl sites for hydroxylation is 1. The molecule has 1 unspecified atom stereocenters. The van der Waals surface area contributed by atoms with Crippen molar-refractivity contribution in [2.45, 2.75) is 19.6 Å². The highest BCUT2D eigenvalue weighted by molar-refractivity contribution is 5.28. The molecule has 0 saturated heterocycles. The van der Waals surface area contributed by atoms with Gasteiger partial charge in [-0.15, -0.1) is 0 Å². The van der Waals surface area contributed by atoms with Crippen molar-refractivity contribution in [3.63, 3.8) is 0 Å². The lowest BCUT2D eigenvalue weighted by Gasteiger charge is -2.15. The molecular formula is C15H19NO3. The van der Waals surface area contributed by atoms with Crippen LogP contribution in [-0.4, -0.2) is 13.7 Å². The van der Waals surface area contributed by atoms with Gasteiger partial charge in [0.15, 0.2) is 6.10 Å². The summed E-state index contributed by atoms with van der Waals surface area (Å²) in [5.41, 5.74) is 6.81. The zero-order chi connectivity index (χ0) is 13.7. The van der Waals surface area contributed by atoms with Crippen LogP contribution in [0.1, 0.15) is 23.2 Å². The number of nitrogens with two attached hydrogens (primary N) is 1. The van der Waals surface area contributed by atoms with Crippen LogP contribution in [0.2, 0.25) is 0 Å². The molecule has 0 aliphatic heterocycles. The van der Waals surface area contributed by atoms with Gasteiger partial charge < -0.3 is 19.6 Å². The average molecular weight is 261 g/mol. The molecular weight excluding hydrogens is 242 g/mol. The SMILES string of the molecule is COCc1cccc(OC(CN)c2ccc(C)o2)c1. The van der Waals surface area contributed by atoms with Crippen LogP contribution in [0.25, 0.3) is 0 Å². The third kappa shape index (κ3) is 3.59. The zero-order valence-electron chi connectivity index (χ0n) is 11.3. The van der Waals surface area contributed by atoms with Crippen LogP contribution >= 0.6 is 0 Å². The van der Waals surface area contributed by atoms with Crippen molar-refractivity contribution in [2.24, 2.45) is 5.73 Å². The van der Waals surface area contributed by atoms with Gasteiger partial charge in [-0.05, 0) is 36.8 Å². The molecule has 0 bridgehead atoms. The molecule has 0 fully saturated rings. The first kappa shape index (κ1) is 13.6. The summed E-state index contributed by atoms with van der Waals surface area (Å²) in [5, 5.41) is 0. The van der Waals surface area contributed by atoms with Gasteiger partial charge in [0.2, 0.25) is 0 Å². The maximum absolute atomic E-state index is 5.88. The third-order valence-electron chi connectivity index (χ3n) is 2.78. The summed E-state index contributed by atoms with van der Waals surface area (Å²) in [6.45, 7) is 2.82. The largest absolute Gasteiger partial charge is 0.481 e. The van der Waals surface area contributed by atoms with E-state index in [1.54, 1.807) is 7.11 Å². The molecule has 2 rings (SSSR count). The highest BCUT2D eigenvalue weighted by atomic mass is 16.5. The fraction of sp³-hybridized carbons (Fsp3) is 0.333. The number of methoxy groups -OCH3 is 1. The molecule has 1 aromatic carbocycles. The van der Waals surface area contributed by atoms with E-state index in [1.807, 2.05) is 43.3 Å². The van der Waals surface area contributed by atoms with Gasteiger partial charge in [-0.25, -0.2) is 0 Å². The number of hydrogen-bond donors (Lipinski definition) is 1. The third-order valence-corrected chi connectivity index (χ3v) is 2.78. The maximum Gasteiger partial charge on any atom is 0.168 e. The molecule has 4 heteroatoms. The molecule has 0 spiro atoms. The lowest BCUT2D eigenvalue weighted by Crippen LogP contribution is -2.17. The summed E-state index contributed by atoms with van der Waals surface area (Å²) >= 11 is 0. The summed E-state index contributed by atoms with van der Waals surface area (Å²) in [6.07, 6.45) is -0.272. The van der Waals surface area contributed by atoms with E-state index in [1.165, 1.54) is 0 Å². The minimum absolute atomic E-state index is 0.272. The van der Waals surface area contributed by atoms with E-state index in [0.29, 0.717) is 13.2 Å². The van der Waals surface area contributed by atoms with E-state index in [-0.39, 0.29) is 6.10 Å². The summed E-state index contributed by atoms with van der Waals surface area (Å²) in [6, 6.07) is 11.6. The second-order valence-corrected chi connectivity index (χ2v) is 4.37. The molecule has 1 heterocycles. The predicted molar refractivity (Wildman–Crippen MR) is 73.0 cm³/mol. The molecule has 0 radical (unpaired) electrons. The van der Waals surface area contributed by atoms with Crippen molar-refractivity contribution in [2.75, 3.05) is 13.7 Å². The van der Waals surface area contributed by atoms with Gasteiger partial charge in [0.25, 0.3) is 0 Å². The Morgan fingerprint density at radius 3 is 2.74 bits per heavy atom. The van der Waals surface area contributed by atoms with Crippen molar-refractivity contribution in [1.29, 1.82) is 0 Å². The van der Waals surface area contributed by atoms with Crippen molar-refractivity contribution >= 4 is 0 Å². The Morgan fingerprint density at radius 2 is 2.11 bits per heavy atom. The smallest absolute Gasteiger partial charge is 0.168 e. The van der Waals surface area contributed by atoms with Crippen LogP contribution in [0.3, 0.4) is 0 Å². The summed E-state index contributed by atoms with van der Waals surface area (Å²) in [4.78, 5) is 0. The van der Waals surface area contributed by atoms with Crippen LogP contribution in [-0.2, 0) is 11.3 Å². The molecule has 1 atom stereocenters. The molecule has 0 aliphatic rings. The van der Waals surface area contributed by atoms with Gasteiger partial charge in [-0.2, -0.15) is 0 Å². The Morgan fingerprint density at radius 1 is 1.26 bits per heavy atom. The van der Waals surface area contributed by atoms with Crippen molar-refractivity contribution in [1.82, 2.24) is 0 Å². The Labute approximate surface area is 113 Å². The van der Waals surface area contributed by atoms with Crippen molar-refractivity contribution < 1.29 is 13.9 Å². The first-order valence-electron chi connectivity index (χ1n) is 6.24. The lowest BCUT2D eigenvalue weighted by molar-refractivity contribution is 0.176. The Kier molecular flexibility index (Phi) is 4.60. The van der Waals surface area contributed by atoms with E-state index < -0.39 is 0 Å². The Balaban J connectivity index is 2.11. The normalized spacial score (nSPS) is 12.4. The Bertz CT molecular complexity index is 522. The molecule has 2 aromatic rings. The Hall–Kier alpha value is -1.78. The van der Waals surface area contributed by atoms with Gasteiger partial charge in [-0.1, -0.05) is 12.1 Å². The van der Waals surface area contributed by atoms with E-state index in [4.69, 9.17) is 19.6 Å².